The second kappa shape index (κ2) is 6.13. The predicted octanol–water partition coefficient (Wildman–Crippen LogP) is 4.67. The molecule has 0 amide bonds. The summed E-state index contributed by atoms with van der Waals surface area (Å²) in [5.74, 6) is 0.961. The van der Waals surface area contributed by atoms with E-state index in [9.17, 15) is 4.79 Å². The lowest BCUT2D eigenvalue weighted by atomic mass is 9.84. The smallest absolute Gasteiger partial charge is 0.179 e. The van der Waals surface area contributed by atoms with Crippen molar-refractivity contribution in [2.24, 2.45) is 5.92 Å². The summed E-state index contributed by atoms with van der Waals surface area (Å²) in [6.45, 7) is 6.45. The first-order valence-electron chi connectivity index (χ1n) is 7.36. The molecule has 1 aromatic heterocycles. The van der Waals surface area contributed by atoms with Crippen LogP contribution >= 0.6 is 11.6 Å². The molecule has 106 valence electrons. The first kappa shape index (κ1) is 14.6. The molecule has 19 heavy (non-hydrogen) atoms. The van der Waals surface area contributed by atoms with E-state index < -0.39 is 0 Å². The van der Waals surface area contributed by atoms with Crippen molar-refractivity contribution < 1.29 is 4.79 Å². The summed E-state index contributed by atoms with van der Waals surface area (Å²) >= 11 is 5.69. The number of ketones is 1. The maximum atomic E-state index is 11.9. The lowest BCUT2D eigenvalue weighted by molar-refractivity contribution is 0.102. The number of aryl methyl sites for hydroxylation is 1. The quantitative estimate of drug-likeness (QED) is 0.581. The Kier molecular flexibility index (Phi) is 4.72. The third-order valence-electron chi connectivity index (χ3n) is 4.60. The van der Waals surface area contributed by atoms with Crippen molar-refractivity contribution in [1.29, 1.82) is 0 Å². The van der Waals surface area contributed by atoms with E-state index in [1.807, 2.05) is 6.07 Å². The molecule has 0 radical (unpaired) electrons. The zero-order valence-electron chi connectivity index (χ0n) is 12.2. The Morgan fingerprint density at radius 1 is 1.42 bits per heavy atom. The summed E-state index contributed by atoms with van der Waals surface area (Å²) in [6, 6.07) is 2.57. The van der Waals surface area contributed by atoms with Crippen LogP contribution in [0.1, 0.15) is 66.8 Å². The molecule has 1 aromatic rings. The van der Waals surface area contributed by atoms with Crippen LogP contribution in [0.25, 0.3) is 0 Å². The van der Waals surface area contributed by atoms with Crippen LogP contribution in [0.3, 0.4) is 0 Å². The van der Waals surface area contributed by atoms with E-state index in [1.54, 1.807) is 0 Å². The Balaban J connectivity index is 2.29. The number of rotatable bonds is 4. The SMILES string of the molecule is CCC1CCCC(n2c(C)cc(C(=O)CCl)c2C)C1. The number of aromatic nitrogens is 1. The van der Waals surface area contributed by atoms with Gasteiger partial charge in [-0.3, -0.25) is 4.79 Å². The van der Waals surface area contributed by atoms with E-state index in [-0.39, 0.29) is 11.7 Å². The van der Waals surface area contributed by atoms with Crippen LogP contribution in [0.15, 0.2) is 6.07 Å². The summed E-state index contributed by atoms with van der Waals surface area (Å²) in [7, 11) is 0. The molecule has 0 spiro atoms. The van der Waals surface area contributed by atoms with Crippen molar-refractivity contribution in [1.82, 2.24) is 4.57 Å². The fourth-order valence-electron chi connectivity index (χ4n) is 3.56. The van der Waals surface area contributed by atoms with Gasteiger partial charge in [-0.25, -0.2) is 0 Å². The number of nitrogens with zero attached hydrogens (tertiary/aromatic N) is 1. The summed E-state index contributed by atoms with van der Waals surface area (Å²) in [6.07, 6.45) is 6.42. The number of hydrogen-bond acceptors (Lipinski definition) is 1. The molecule has 0 aromatic carbocycles. The zero-order valence-corrected chi connectivity index (χ0v) is 13.0. The fourth-order valence-corrected chi connectivity index (χ4v) is 3.71. The Morgan fingerprint density at radius 2 is 2.16 bits per heavy atom. The summed E-state index contributed by atoms with van der Waals surface area (Å²) in [5.41, 5.74) is 3.11. The van der Waals surface area contributed by atoms with Gasteiger partial charge < -0.3 is 4.57 Å². The number of alkyl halides is 1. The van der Waals surface area contributed by atoms with E-state index in [1.165, 1.54) is 37.8 Å². The molecule has 0 bridgehead atoms. The van der Waals surface area contributed by atoms with Gasteiger partial charge in [0.1, 0.15) is 0 Å². The van der Waals surface area contributed by atoms with Crippen LogP contribution in [0.5, 0.6) is 0 Å². The van der Waals surface area contributed by atoms with Crippen LogP contribution in [0.2, 0.25) is 0 Å². The average Bonchev–Trinajstić information content (AvgIpc) is 2.73. The van der Waals surface area contributed by atoms with Crippen LogP contribution in [-0.2, 0) is 0 Å². The van der Waals surface area contributed by atoms with Gasteiger partial charge in [0.2, 0.25) is 0 Å². The third-order valence-corrected chi connectivity index (χ3v) is 4.85. The number of carbonyl (C=O) groups excluding carboxylic acids is 1. The van der Waals surface area contributed by atoms with Crippen molar-refractivity contribution in [3.63, 3.8) is 0 Å². The maximum Gasteiger partial charge on any atom is 0.179 e. The van der Waals surface area contributed by atoms with Crippen molar-refractivity contribution in [2.75, 3.05) is 5.88 Å². The number of Topliss-reactive ketones (excluding diaryl/α,β-unsaturated/α-hetero) is 1. The standard InChI is InChI=1S/C16H24ClNO/c1-4-13-6-5-7-14(9-13)18-11(2)8-15(12(18)3)16(19)10-17/h8,13-14H,4-7,9-10H2,1-3H3. The first-order valence-corrected chi connectivity index (χ1v) is 7.89. The molecule has 1 saturated carbocycles. The molecule has 0 saturated heterocycles. The zero-order chi connectivity index (χ0) is 14.0. The van der Waals surface area contributed by atoms with Crippen LogP contribution in [0.4, 0.5) is 0 Å². The van der Waals surface area contributed by atoms with Gasteiger partial charge in [0.05, 0.1) is 5.88 Å². The van der Waals surface area contributed by atoms with Crippen molar-refractivity contribution in [2.45, 2.75) is 58.9 Å². The Hall–Kier alpha value is -0.760. The highest BCUT2D eigenvalue weighted by Crippen LogP contribution is 2.36. The molecule has 3 heteroatoms. The minimum atomic E-state index is 0.0452. The van der Waals surface area contributed by atoms with Gasteiger partial charge in [-0.1, -0.05) is 26.2 Å². The molecule has 1 heterocycles. The van der Waals surface area contributed by atoms with E-state index in [2.05, 4.69) is 25.3 Å². The molecule has 2 nitrogen and oxygen atoms in total. The average molecular weight is 282 g/mol. The van der Waals surface area contributed by atoms with Crippen molar-refractivity contribution in [3.8, 4) is 0 Å². The molecule has 2 unspecified atom stereocenters. The molecule has 0 N–H and O–H groups in total. The van der Waals surface area contributed by atoms with Gasteiger partial charge in [0, 0.05) is 23.0 Å². The van der Waals surface area contributed by atoms with E-state index in [4.69, 9.17) is 11.6 Å². The van der Waals surface area contributed by atoms with Crippen LogP contribution in [0, 0.1) is 19.8 Å². The highest BCUT2D eigenvalue weighted by molar-refractivity contribution is 6.30. The highest BCUT2D eigenvalue weighted by Gasteiger charge is 2.25. The second-order valence-corrected chi connectivity index (χ2v) is 6.07. The van der Waals surface area contributed by atoms with Gasteiger partial charge in [-0.05, 0) is 38.7 Å². The summed E-state index contributed by atoms with van der Waals surface area (Å²) in [4.78, 5) is 11.9. The van der Waals surface area contributed by atoms with E-state index >= 15 is 0 Å². The topological polar surface area (TPSA) is 22.0 Å². The number of hydrogen-bond donors (Lipinski definition) is 0. The van der Waals surface area contributed by atoms with Gasteiger partial charge >= 0.3 is 0 Å². The molecule has 0 aliphatic heterocycles. The summed E-state index contributed by atoms with van der Waals surface area (Å²) < 4.78 is 2.38. The molecule has 1 aliphatic rings. The fraction of sp³-hybridized carbons (Fsp3) is 0.688. The largest absolute Gasteiger partial charge is 0.345 e. The Morgan fingerprint density at radius 3 is 2.79 bits per heavy atom. The molecule has 2 rings (SSSR count). The van der Waals surface area contributed by atoms with Gasteiger partial charge in [-0.15, -0.1) is 11.6 Å². The molecule has 1 aliphatic carbocycles. The lowest BCUT2D eigenvalue weighted by Gasteiger charge is -2.31. The predicted molar refractivity (Wildman–Crippen MR) is 80.2 cm³/mol. The highest BCUT2D eigenvalue weighted by atomic mass is 35.5. The molecule has 1 fully saturated rings. The van der Waals surface area contributed by atoms with E-state index in [0.717, 1.165) is 17.2 Å². The lowest BCUT2D eigenvalue weighted by Crippen LogP contribution is -2.21. The van der Waals surface area contributed by atoms with E-state index in [0.29, 0.717) is 6.04 Å². The minimum absolute atomic E-state index is 0.0452. The number of carbonyl (C=O) groups is 1. The normalized spacial score (nSPS) is 23.6. The number of halogens is 1. The second-order valence-electron chi connectivity index (χ2n) is 5.81. The van der Waals surface area contributed by atoms with Gasteiger partial charge in [0.15, 0.2) is 5.78 Å². The van der Waals surface area contributed by atoms with Crippen molar-refractivity contribution >= 4 is 17.4 Å². The third kappa shape index (κ3) is 2.89. The monoisotopic (exact) mass is 281 g/mol. The maximum absolute atomic E-state index is 11.9. The Labute approximate surface area is 121 Å². The van der Waals surface area contributed by atoms with Crippen molar-refractivity contribution in [3.05, 3.63) is 23.0 Å². The Bertz CT molecular complexity index is 464. The summed E-state index contributed by atoms with van der Waals surface area (Å²) in [5, 5.41) is 0. The minimum Gasteiger partial charge on any atom is -0.345 e. The first-order chi connectivity index (χ1) is 9.08. The molecular formula is C16H24ClNO. The molecule has 2 atom stereocenters. The van der Waals surface area contributed by atoms with Gasteiger partial charge in [-0.2, -0.15) is 0 Å². The van der Waals surface area contributed by atoms with Crippen LogP contribution in [-0.4, -0.2) is 16.2 Å². The van der Waals surface area contributed by atoms with Crippen LogP contribution < -0.4 is 0 Å². The molecular weight excluding hydrogens is 258 g/mol. The van der Waals surface area contributed by atoms with Gasteiger partial charge in [0.25, 0.3) is 0 Å².